The molecule has 1 aromatic heterocycles. The summed E-state index contributed by atoms with van der Waals surface area (Å²) in [5.41, 5.74) is 2.57. The van der Waals surface area contributed by atoms with Crippen LogP contribution in [0.4, 0.5) is 0 Å². The zero-order chi connectivity index (χ0) is 13.9. The van der Waals surface area contributed by atoms with Gasteiger partial charge in [-0.2, -0.15) is 5.26 Å². The Hall–Kier alpha value is -1.83. The number of benzene rings is 1. The Labute approximate surface area is 119 Å². The van der Waals surface area contributed by atoms with Crippen LogP contribution in [0.5, 0.6) is 0 Å². The highest BCUT2D eigenvalue weighted by Crippen LogP contribution is 2.22. The van der Waals surface area contributed by atoms with Crippen LogP contribution in [-0.2, 0) is 6.54 Å². The lowest BCUT2D eigenvalue weighted by molar-refractivity contribution is 0.249. The molecule has 2 aromatic rings. The Balaban J connectivity index is 1.66. The average molecular weight is 268 g/mol. The molecule has 3 rings (SSSR count). The van der Waals surface area contributed by atoms with Crippen LogP contribution in [0.1, 0.15) is 12.0 Å². The molecule has 0 spiro atoms. The molecule has 104 valence electrons. The van der Waals surface area contributed by atoms with Gasteiger partial charge in [0.15, 0.2) is 0 Å². The molecule has 4 nitrogen and oxygen atoms in total. The molecule has 0 bridgehead atoms. The van der Waals surface area contributed by atoms with Gasteiger partial charge in [0.25, 0.3) is 0 Å². The van der Waals surface area contributed by atoms with E-state index in [9.17, 15) is 0 Å². The number of H-pyrrole nitrogens is 1. The van der Waals surface area contributed by atoms with E-state index in [0.717, 1.165) is 26.1 Å². The van der Waals surface area contributed by atoms with Crippen LogP contribution in [0.15, 0.2) is 30.5 Å². The van der Waals surface area contributed by atoms with Crippen LogP contribution >= 0.6 is 0 Å². The van der Waals surface area contributed by atoms with Crippen molar-refractivity contribution in [2.45, 2.75) is 19.0 Å². The minimum absolute atomic E-state index is 0.514. The van der Waals surface area contributed by atoms with Crippen molar-refractivity contribution in [2.75, 3.05) is 26.7 Å². The molecule has 1 aliphatic rings. The zero-order valence-electron chi connectivity index (χ0n) is 11.8. The zero-order valence-corrected chi connectivity index (χ0v) is 11.8. The van der Waals surface area contributed by atoms with Crippen LogP contribution in [0, 0.1) is 11.3 Å². The third kappa shape index (κ3) is 2.55. The summed E-state index contributed by atoms with van der Waals surface area (Å²) in [6.45, 7) is 3.67. The van der Waals surface area contributed by atoms with Gasteiger partial charge in [0.05, 0.1) is 12.6 Å². The van der Waals surface area contributed by atoms with E-state index in [1.807, 2.05) is 7.05 Å². The lowest BCUT2D eigenvalue weighted by Crippen LogP contribution is -2.34. The van der Waals surface area contributed by atoms with E-state index < -0.39 is 0 Å². The fraction of sp³-hybridized carbons (Fsp3) is 0.438. The number of rotatable bonds is 4. The molecule has 2 heterocycles. The second kappa shape index (κ2) is 5.66. The van der Waals surface area contributed by atoms with Crippen LogP contribution < -0.4 is 0 Å². The molecular formula is C16H20N4. The van der Waals surface area contributed by atoms with E-state index in [-0.39, 0.29) is 0 Å². The third-order valence-corrected chi connectivity index (χ3v) is 4.26. The summed E-state index contributed by atoms with van der Waals surface area (Å²) < 4.78 is 0. The Bertz CT molecular complexity index is 625. The van der Waals surface area contributed by atoms with Gasteiger partial charge in [0, 0.05) is 42.8 Å². The number of hydrogen-bond acceptors (Lipinski definition) is 3. The number of aromatic nitrogens is 1. The minimum Gasteiger partial charge on any atom is -0.361 e. The lowest BCUT2D eigenvalue weighted by atomic mass is 10.1. The molecule has 0 saturated carbocycles. The molecule has 0 radical (unpaired) electrons. The quantitative estimate of drug-likeness (QED) is 0.865. The Kier molecular flexibility index (Phi) is 3.72. The number of nitriles is 1. The highest BCUT2D eigenvalue weighted by atomic mass is 15.2. The number of nitrogens with zero attached hydrogens (tertiary/aromatic N) is 3. The van der Waals surface area contributed by atoms with E-state index in [4.69, 9.17) is 5.26 Å². The van der Waals surface area contributed by atoms with E-state index >= 15 is 0 Å². The van der Waals surface area contributed by atoms with Crippen molar-refractivity contribution in [3.63, 3.8) is 0 Å². The highest BCUT2D eigenvalue weighted by Gasteiger charge is 2.25. The summed E-state index contributed by atoms with van der Waals surface area (Å²) in [6, 6.07) is 11.2. The maximum absolute atomic E-state index is 8.78. The number of para-hydroxylation sites is 1. The van der Waals surface area contributed by atoms with Crippen LogP contribution in [0.25, 0.3) is 10.9 Å². The number of likely N-dealkylation sites (N-methyl/N-ethyl adjacent to an activating group) is 1. The highest BCUT2D eigenvalue weighted by molar-refractivity contribution is 5.82. The maximum atomic E-state index is 8.78. The number of likely N-dealkylation sites (tertiary alicyclic amines) is 1. The number of nitrogens with one attached hydrogen (secondary N) is 1. The van der Waals surface area contributed by atoms with Crippen molar-refractivity contribution in [1.82, 2.24) is 14.8 Å². The predicted octanol–water partition coefficient (Wildman–Crippen LogP) is 2.20. The SMILES string of the molecule is CN(CC#N)C1CCN(Cc2c[nH]c3ccccc23)C1. The molecule has 0 aliphatic carbocycles. The summed E-state index contributed by atoms with van der Waals surface area (Å²) in [6.07, 6.45) is 3.28. The second-order valence-electron chi connectivity index (χ2n) is 5.61. The monoisotopic (exact) mass is 268 g/mol. The van der Waals surface area contributed by atoms with Crippen LogP contribution in [0.2, 0.25) is 0 Å². The lowest BCUT2D eigenvalue weighted by Gasteiger charge is -2.21. The molecule has 1 atom stereocenters. The van der Waals surface area contributed by atoms with Crippen molar-refractivity contribution in [3.8, 4) is 6.07 Å². The van der Waals surface area contributed by atoms with E-state index in [2.05, 4.69) is 51.3 Å². The molecule has 1 fully saturated rings. The van der Waals surface area contributed by atoms with E-state index in [1.54, 1.807) is 0 Å². The summed E-state index contributed by atoms with van der Waals surface area (Å²) >= 11 is 0. The van der Waals surface area contributed by atoms with Crippen molar-refractivity contribution >= 4 is 10.9 Å². The van der Waals surface area contributed by atoms with Gasteiger partial charge in [-0.05, 0) is 25.1 Å². The topological polar surface area (TPSA) is 46.1 Å². The van der Waals surface area contributed by atoms with Gasteiger partial charge in [0.1, 0.15) is 0 Å². The molecule has 1 aliphatic heterocycles. The van der Waals surface area contributed by atoms with Gasteiger partial charge < -0.3 is 4.98 Å². The number of hydrogen-bond donors (Lipinski definition) is 1. The van der Waals surface area contributed by atoms with Crippen LogP contribution in [0.3, 0.4) is 0 Å². The largest absolute Gasteiger partial charge is 0.361 e. The van der Waals surface area contributed by atoms with Gasteiger partial charge in [-0.1, -0.05) is 18.2 Å². The normalized spacial score (nSPS) is 19.8. The first-order chi connectivity index (χ1) is 9.78. The Morgan fingerprint density at radius 2 is 2.30 bits per heavy atom. The van der Waals surface area contributed by atoms with Gasteiger partial charge in [0.2, 0.25) is 0 Å². The van der Waals surface area contributed by atoms with E-state index in [1.165, 1.54) is 16.5 Å². The van der Waals surface area contributed by atoms with Crippen molar-refractivity contribution < 1.29 is 0 Å². The van der Waals surface area contributed by atoms with Crippen molar-refractivity contribution in [2.24, 2.45) is 0 Å². The molecule has 1 unspecified atom stereocenters. The van der Waals surface area contributed by atoms with Crippen molar-refractivity contribution in [3.05, 3.63) is 36.0 Å². The van der Waals surface area contributed by atoms with E-state index in [0.29, 0.717) is 12.6 Å². The van der Waals surface area contributed by atoms with Crippen molar-refractivity contribution in [1.29, 1.82) is 5.26 Å². The summed E-state index contributed by atoms with van der Waals surface area (Å²) in [7, 11) is 2.04. The van der Waals surface area contributed by atoms with Gasteiger partial charge in [-0.3, -0.25) is 9.80 Å². The smallest absolute Gasteiger partial charge is 0.0866 e. The minimum atomic E-state index is 0.514. The summed E-state index contributed by atoms with van der Waals surface area (Å²) in [5.74, 6) is 0. The first-order valence-corrected chi connectivity index (χ1v) is 7.12. The van der Waals surface area contributed by atoms with Crippen LogP contribution in [-0.4, -0.2) is 47.5 Å². The fourth-order valence-electron chi connectivity index (χ4n) is 3.06. The number of aromatic amines is 1. The molecule has 1 saturated heterocycles. The second-order valence-corrected chi connectivity index (χ2v) is 5.61. The number of fused-ring (bicyclic) bond motifs is 1. The first-order valence-electron chi connectivity index (χ1n) is 7.12. The van der Waals surface area contributed by atoms with Gasteiger partial charge >= 0.3 is 0 Å². The summed E-state index contributed by atoms with van der Waals surface area (Å²) in [5, 5.41) is 10.1. The maximum Gasteiger partial charge on any atom is 0.0866 e. The Morgan fingerprint density at radius 1 is 1.45 bits per heavy atom. The molecule has 20 heavy (non-hydrogen) atoms. The average Bonchev–Trinajstić information content (AvgIpc) is 3.08. The molecule has 0 amide bonds. The molecule has 1 N–H and O–H groups in total. The van der Waals surface area contributed by atoms with Gasteiger partial charge in [-0.25, -0.2) is 0 Å². The first kappa shape index (κ1) is 13.2. The molecule has 4 heteroatoms. The third-order valence-electron chi connectivity index (χ3n) is 4.26. The standard InChI is InChI=1S/C16H20N4/c1-19(9-7-17)14-6-8-20(12-14)11-13-10-18-16-5-3-2-4-15(13)16/h2-5,10,14,18H,6,8-9,11-12H2,1H3. The molecular weight excluding hydrogens is 248 g/mol. The summed E-state index contributed by atoms with van der Waals surface area (Å²) in [4.78, 5) is 7.98. The molecule has 1 aromatic carbocycles. The fourth-order valence-corrected chi connectivity index (χ4v) is 3.06. The van der Waals surface area contributed by atoms with Gasteiger partial charge in [-0.15, -0.1) is 0 Å². The predicted molar refractivity (Wildman–Crippen MR) is 80.2 cm³/mol. The Morgan fingerprint density at radius 3 is 3.15 bits per heavy atom.